The summed E-state index contributed by atoms with van der Waals surface area (Å²) in [6.07, 6.45) is 6.42. The molecule has 0 saturated heterocycles. The fourth-order valence-electron chi connectivity index (χ4n) is 4.44. The molecular weight excluding hydrogens is 368 g/mol. The highest BCUT2D eigenvalue weighted by atomic mass is 16.5. The Labute approximate surface area is 170 Å². The SMILES string of the molecule is CC(=O)CC1CCC(c2ccc(N3CCOc4ncnc(N)c4C3=O)cc2)CC1. The predicted molar refractivity (Wildman–Crippen MR) is 110 cm³/mol. The Morgan fingerprint density at radius 3 is 2.59 bits per heavy atom. The van der Waals surface area contributed by atoms with Crippen molar-refractivity contribution in [2.24, 2.45) is 5.92 Å². The Morgan fingerprint density at radius 1 is 1.17 bits per heavy atom. The van der Waals surface area contributed by atoms with E-state index >= 15 is 0 Å². The summed E-state index contributed by atoms with van der Waals surface area (Å²) in [5.41, 5.74) is 8.22. The minimum Gasteiger partial charge on any atom is -0.475 e. The van der Waals surface area contributed by atoms with Crippen LogP contribution in [0, 0.1) is 5.92 Å². The third kappa shape index (κ3) is 4.09. The number of nitrogens with two attached hydrogens (primary N) is 1. The van der Waals surface area contributed by atoms with Crippen LogP contribution in [0.15, 0.2) is 30.6 Å². The number of ketones is 1. The summed E-state index contributed by atoms with van der Waals surface area (Å²) >= 11 is 0. The molecule has 7 heteroatoms. The molecular formula is C22H26N4O3. The average Bonchev–Trinajstić information content (AvgIpc) is 2.88. The molecule has 2 heterocycles. The number of hydrogen-bond donors (Lipinski definition) is 1. The largest absolute Gasteiger partial charge is 0.475 e. The molecule has 2 aromatic rings. The highest BCUT2D eigenvalue weighted by molar-refractivity contribution is 6.10. The maximum absolute atomic E-state index is 13.0. The van der Waals surface area contributed by atoms with Crippen LogP contribution in [0.3, 0.4) is 0 Å². The lowest BCUT2D eigenvalue weighted by Crippen LogP contribution is -2.32. The zero-order chi connectivity index (χ0) is 20.4. The first-order valence-electron chi connectivity index (χ1n) is 10.2. The highest BCUT2D eigenvalue weighted by Crippen LogP contribution is 2.38. The van der Waals surface area contributed by atoms with Crippen molar-refractivity contribution in [1.82, 2.24) is 9.97 Å². The second-order valence-corrected chi connectivity index (χ2v) is 7.96. The minimum atomic E-state index is -0.243. The average molecular weight is 394 g/mol. The lowest BCUT2D eigenvalue weighted by Gasteiger charge is -2.28. The van der Waals surface area contributed by atoms with Gasteiger partial charge in [-0.1, -0.05) is 12.1 Å². The second-order valence-electron chi connectivity index (χ2n) is 7.96. The molecule has 0 bridgehead atoms. The molecule has 2 aliphatic rings. The fourth-order valence-corrected chi connectivity index (χ4v) is 4.44. The first-order valence-corrected chi connectivity index (χ1v) is 10.2. The Bertz CT molecular complexity index is 905. The van der Waals surface area contributed by atoms with Crippen LogP contribution in [-0.2, 0) is 4.79 Å². The van der Waals surface area contributed by atoms with Crippen LogP contribution in [-0.4, -0.2) is 34.8 Å². The number of nitrogen functional groups attached to an aromatic ring is 1. The van der Waals surface area contributed by atoms with Gasteiger partial charge in [-0.15, -0.1) is 0 Å². The van der Waals surface area contributed by atoms with Crippen LogP contribution >= 0.6 is 0 Å². The van der Waals surface area contributed by atoms with Crippen LogP contribution < -0.4 is 15.4 Å². The molecule has 29 heavy (non-hydrogen) atoms. The highest BCUT2D eigenvalue weighted by Gasteiger charge is 2.29. The van der Waals surface area contributed by atoms with E-state index in [2.05, 4.69) is 22.1 Å². The van der Waals surface area contributed by atoms with Gasteiger partial charge in [0.25, 0.3) is 5.91 Å². The van der Waals surface area contributed by atoms with Gasteiger partial charge >= 0.3 is 0 Å². The van der Waals surface area contributed by atoms with E-state index in [0.717, 1.165) is 31.4 Å². The molecule has 1 aliphatic carbocycles. The summed E-state index contributed by atoms with van der Waals surface area (Å²) in [5.74, 6) is 1.46. The number of aromatic nitrogens is 2. The number of anilines is 2. The van der Waals surface area contributed by atoms with Crippen molar-refractivity contribution in [3.05, 3.63) is 41.7 Å². The van der Waals surface area contributed by atoms with E-state index in [-0.39, 0.29) is 29.0 Å². The monoisotopic (exact) mass is 394 g/mol. The predicted octanol–water partition coefficient (Wildman–Crippen LogP) is 3.35. The Balaban J connectivity index is 1.48. The number of Topliss-reactive ketones (excluding diaryl/α,β-unsaturated/α-hetero) is 1. The molecule has 0 radical (unpaired) electrons. The quantitative estimate of drug-likeness (QED) is 0.854. The number of nitrogens with zero attached hydrogens (tertiary/aromatic N) is 3. The van der Waals surface area contributed by atoms with E-state index in [1.165, 1.54) is 11.9 Å². The Kier molecular flexibility index (Phi) is 5.47. The number of benzene rings is 1. The summed E-state index contributed by atoms with van der Waals surface area (Å²) in [4.78, 5) is 34.0. The van der Waals surface area contributed by atoms with E-state index < -0.39 is 0 Å². The second kappa shape index (κ2) is 8.19. The van der Waals surface area contributed by atoms with Crippen molar-refractivity contribution in [3.63, 3.8) is 0 Å². The lowest BCUT2D eigenvalue weighted by molar-refractivity contribution is -0.118. The van der Waals surface area contributed by atoms with Gasteiger partial charge in [0.15, 0.2) is 0 Å². The van der Waals surface area contributed by atoms with Gasteiger partial charge in [-0.2, -0.15) is 0 Å². The molecule has 1 amide bonds. The smallest absolute Gasteiger partial charge is 0.267 e. The number of ether oxygens (including phenoxy) is 1. The number of rotatable bonds is 4. The van der Waals surface area contributed by atoms with Gasteiger partial charge in [-0.25, -0.2) is 9.97 Å². The van der Waals surface area contributed by atoms with E-state index in [4.69, 9.17) is 10.5 Å². The van der Waals surface area contributed by atoms with Gasteiger partial charge in [0.05, 0.1) is 6.54 Å². The van der Waals surface area contributed by atoms with Crippen LogP contribution in [0.25, 0.3) is 0 Å². The van der Waals surface area contributed by atoms with Crippen molar-refractivity contribution in [2.45, 2.75) is 44.9 Å². The van der Waals surface area contributed by atoms with Gasteiger partial charge in [0.2, 0.25) is 5.88 Å². The van der Waals surface area contributed by atoms with Crippen molar-refractivity contribution in [3.8, 4) is 5.88 Å². The molecule has 7 nitrogen and oxygen atoms in total. The molecule has 152 valence electrons. The van der Waals surface area contributed by atoms with E-state index in [0.29, 0.717) is 31.4 Å². The lowest BCUT2D eigenvalue weighted by atomic mass is 9.77. The van der Waals surface area contributed by atoms with Crippen molar-refractivity contribution in [1.29, 1.82) is 0 Å². The van der Waals surface area contributed by atoms with Crippen molar-refractivity contribution in [2.75, 3.05) is 23.8 Å². The summed E-state index contributed by atoms with van der Waals surface area (Å²) in [5, 5.41) is 0. The Hall–Kier alpha value is -2.96. The van der Waals surface area contributed by atoms with Gasteiger partial charge in [-0.3, -0.25) is 4.79 Å². The van der Waals surface area contributed by atoms with E-state index in [1.54, 1.807) is 11.8 Å². The topological polar surface area (TPSA) is 98.4 Å². The van der Waals surface area contributed by atoms with Crippen LogP contribution in [0.2, 0.25) is 0 Å². The number of amides is 1. The fraction of sp³-hybridized carbons (Fsp3) is 0.455. The molecule has 0 unspecified atom stereocenters. The van der Waals surface area contributed by atoms with Gasteiger partial charge in [-0.05, 0) is 62.1 Å². The maximum atomic E-state index is 13.0. The standard InChI is InChI=1S/C22H26N4O3/c1-14(27)12-15-2-4-16(5-3-15)17-6-8-18(9-7-17)26-10-11-29-21-19(22(26)28)20(23)24-13-25-21/h6-9,13,15-16H,2-5,10-12H2,1H3,(H2,23,24,25). The summed E-state index contributed by atoms with van der Waals surface area (Å²) < 4.78 is 5.59. The first kappa shape index (κ1) is 19.4. The van der Waals surface area contributed by atoms with E-state index in [9.17, 15) is 9.59 Å². The molecule has 1 saturated carbocycles. The van der Waals surface area contributed by atoms with E-state index in [1.807, 2.05) is 12.1 Å². The van der Waals surface area contributed by atoms with Crippen molar-refractivity contribution >= 4 is 23.2 Å². The maximum Gasteiger partial charge on any atom is 0.267 e. The Morgan fingerprint density at radius 2 is 1.90 bits per heavy atom. The number of hydrogen-bond acceptors (Lipinski definition) is 6. The normalized spacial score (nSPS) is 21.8. The molecule has 1 aliphatic heterocycles. The zero-order valence-corrected chi connectivity index (χ0v) is 16.6. The number of carbonyl (C=O) groups excluding carboxylic acids is 2. The summed E-state index contributed by atoms with van der Waals surface area (Å²) in [6.45, 7) is 2.44. The molecule has 1 aromatic heterocycles. The molecule has 0 spiro atoms. The minimum absolute atomic E-state index is 0.130. The van der Waals surface area contributed by atoms with Gasteiger partial charge < -0.3 is 20.2 Å². The van der Waals surface area contributed by atoms with Gasteiger partial charge in [0.1, 0.15) is 30.1 Å². The van der Waals surface area contributed by atoms with Crippen molar-refractivity contribution < 1.29 is 14.3 Å². The third-order valence-electron chi connectivity index (χ3n) is 5.95. The van der Waals surface area contributed by atoms with Gasteiger partial charge in [0, 0.05) is 12.1 Å². The van der Waals surface area contributed by atoms with Crippen LogP contribution in [0.5, 0.6) is 5.88 Å². The molecule has 1 fully saturated rings. The summed E-state index contributed by atoms with van der Waals surface area (Å²) in [7, 11) is 0. The summed E-state index contributed by atoms with van der Waals surface area (Å²) in [6, 6.07) is 8.19. The molecule has 4 rings (SSSR count). The molecule has 0 atom stereocenters. The number of fused-ring (bicyclic) bond motifs is 1. The molecule has 2 N–H and O–H groups in total. The van der Waals surface area contributed by atoms with Crippen LogP contribution in [0.1, 0.15) is 60.9 Å². The third-order valence-corrected chi connectivity index (χ3v) is 5.95. The molecule has 1 aromatic carbocycles. The first-order chi connectivity index (χ1) is 14.0. The number of carbonyl (C=O) groups is 2. The van der Waals surface area contributed by atoms with Crippen LogP contribution in [0.4, 0.5) is 11.5 Å². The zero-order valence-electron chi connectivity index (χ0n) is 16.6.